The molecule has 1 aliphatic heterocycles. The number of nitrogens with one attached hydrogen (secondary N) is 2. The number of pyridine rings is 1. The van der Waals surface area contributed by atoms with Gasteiger partial charge in [-0.2, -0.15) is 9.61 Å². The van der Waals surface area contributed by atoms with E-state index in [9.17, 15) is 4.39 Å². The lowest BCUT2D eigenvalue weighted by Crippen LogP contribution is -2.21. The van der Waals surface area contributed by atoms with Gasteiger partial charge in [-0.15, -0.1) is 0 Å². The molecule has 0 radical (unpaired) electrons. The number of hydrogen-bond acceptors (Lipinski definition) is 6. The van der Waals surface area contributed by atoms with Gasteiger partial charge in [0.15, 0.2) is 5.65 Å². The van der Waals surface area contributed by atoms with Crippen LogP contribution in [0, 0.1) is 11.7 Å². The highest BCUT2D eigenvalue weighted by atomic mass is 19.1. The van der Waals surface area contributed by atoms with Crippen molar-refractivity contribution in [1.29, 1.82) is 0 Å². The van der Waals surface area contributed by atoms with Crippen LogP contribution in [-0.2, 0) is 19.4 Å². The van der Waals surface area contributed by atoms with Crippen molar-refractivity contribution < 1.29 is 4.39 Å². The van der Waals surface area contributed by atoms with Crippen LogP contribution >= 0.6 is 0 Å². The van der Waals surface area contributed by atoms with Crippen LogP contribution < -0.4 is 16.4 Å². The Hall–Kier alpha value is -3.94. The van der Waals surface area contributed by atoms with E-state index in [1.54, 1.807) is 10.7 Å². The smallest absolute Gasteiger partial charge is 0.169 e. The third-order valence-corrected chi connectivity index (χ3v) is 6.34. The van der Waals surface area contributed by atoms with Gasteiger partial charge in [-0.25, -0.2) is 9.37 Å². The molecule has 4 aromatic rings. The molecule has 0 saturated heterocycles. The van der Waals surface area contributed by atoms with Crippen molar-refractivity contribution in [3.8, 4) is 11.1 Å². The van der Waals surface area contributed by atoms with E-state index in [1.165, 1.54) is 17.8 Å². The lowest BCUT2D eigenvalue weighted by molar-refractivity contribution is 0.545. The SMILES string of the molecule is C=C1NCC(C)Cc2ncc(F)cc2CNc2nc3c1cnn3c(N)c2-c1ccc(CC)cc1. The van der Waals surface area contributed by atoms with Crippen molar-refractivity contribution in [2.75, 3.05) is 17.6 Å². The zero-order chi connectivity index (χ0) is 23.8. The van der Waals surface area contributed by atoms with E-state index in [0.717, 1.165) is 40.1 Å². The summed E-state index contributed by atoms with van der Waals surface area (Å²) in [5, 5.41) is 11.3. The van der Waals surface area contributed by atoms with Crippen molar-refractivity contribution in [3.63, 3.8) is 0 Å². The van der Waals surface area contributed by atoms with E-state index in [1.807, 2.05) is 12.1 Å². The molecule has 1 atom stereocenters. The molecule has 3 aromatic heterocycles. The number of halogens is 1. The Morgan fingerprint density at radius 3 is 2.76 bits per heavy atom. The predicted molar refractivity (Wildman–Crippen MR) is 134 cm³/mol. The number of benzene rings is 1. The molecule has 4 heterocycles. The van der Waals surface area contributed by atoms with E-state index in [-0.39, 0.29) is 11.7 Å². The van der Waals surface area contributed by atoms with E-state index in [2.05, 4.69) is 53.3 Å². The number of nitrogens with zero attached hydrogens (tertiary/aromatic N) is 4. The number of aromatic nitrogens is 4. The number of anilines is 2. The fourth-order valence-electron chi connectivity index (χ4n) is 4.37. The van der Waals surface area contributed by atoms with Crippen LogP contribution in [0.2, 0.25) is 0 Å². The second kappa shape index (κ2) is 8.78. The quantitative estimate of drug-likeness (QED) is 0.412. The summed E-state index contributed by atoms with van der Waals surface area (Å²) in [6, 6.07) is 9.79. The number of nitrogen functional groups attached to an aromatic ring is 1. The molecular formula is C26H28FN7. The lowest BCUT2D eigenvalue weighted by Gasteiger charge is -2.17. The number of aryl methyl sites for hydroxylation is 1. The predicted octanol–water partition coefficient (Wildman–Crippen LogP) is 4.44. The number of rotatable bonds is 2. The number of nitrogens with two attached hydrogens (primary N) is 1. The largest absolute Gasteiger partial charge is 0.385 e. The van der Waals surface area contributed by atoms with Crippen LogP contribution in [0.25, 0.3) is 22.5 Å². The minimum atomic E-state index is -0.361. The molecule has 174 valence electrons. The van der Waals surface area contributed by atoms with Gasteiger partial charge >= 0.3 is 0 Å². The highest BCUT2D eigenvalue weighted by Crippen LogP contribution is 2.35. The summed E-state index contributed by atoms with van der Waals surface area (Å²) in [6.07, 6.45) is 4.66. The van der Waals surface area contributed by atoms with Gasteiger partial charge in [0.05, 0.1) is 23.5 Å². The van der Waals surface area contributed by atoms with Gasteiger partial charge in [0.2, 0.25) is 0 Å². The van der Waals surface area contributed by atoms with Crippen LogP contribution in [0.4, 0.5) is 16.0 Å². The molecule has 1 aliphatic rings. The first-order chi connectivity index (χ1) is 16.4. The second-order valence-corrected chi connectivity index (χ2v) is 8.85. The molecule has 8 heteroatoms. The van der Waals surface area contributed by atoms with Crippen molar-refractivity contribution in [2.24, 2.45) is 5.92 Å². The Labute approximate surface area is 197 Å². The summed E-state index contributed by atoms with van der Waals surface area (Å²) >= 11 is 0. The van der Waals surface area contributed by atoms with E-state index < -0.39 is 0 Å². The average Bonchev–Trinajstić information content (AvgIpc) is 3.27. The van der Waals surface area contributed by atoms with E-state index >= 15 is 0 Å². The van der Waals surface area contributed by atoms with Gasteiger partial charge in [-0.1, -0.05) is 44.7 Å². The molecule has 5 rings (SSSR count). The third-order valence-electron chi connectivity index (χ3n) is 6.34. The molecule has 2 bridgehead atoms. The highest BCUT2D eigenvalue weighted by Gasteiger charge is 2.21. The fraction of sp³-hybridized carbons (Fsp3) is 0.269. The van der Waals surface area contributed by atoms with Crippen molar-refractivity contribution in [2.45, 2.75) is 33.2 Å². The van der Waals surface area contributed by atoms with E-state index in [4.69, 9.17) is 10.7 Å². The van der Waals surface area contributed by atoms with Crippen LogP contribution in [0.15, 0.2) is 49.3 Å². The maximum atomic E-state index is 14.1. The zero-order valence-electron chi connectivity index (χ0n) is 19.4. The average molecular weight is 458 g/mol. The molecule has 4 N–H and O–H groups in total. The topological polar surface area (TPSA) is 93.2 Å². The summed E-state index contributed by atoms with van der Waals surface area (Å²) in [7, 11) is 0. The van der Waals surface area contributed by atoms with Crippen molar-refractivity contribution in [3.05, 3.63) is 77.5 Å². The maximum absolute atomic E-state index is 14.1. The Morgan fingerprint density at radius 2 is 2.00 bits per heavy atom. The first-order valence-corrected chi connectivity index (χ1v) is 11.5. The first kappa shape index (κ1) is 21.9. The van der Waals surface area contributed by atoms with Gasteiger partial charge < -0.3 is 16.4 Å². The minimum absolute atomic E-state index is 0.258. The van der Waals surface area contributed by atoms with Gasteiger partial charge in [0.1, 0.15) is 17.5 Å². The van der Waals surface area contributed by atoms with Crippen LogP contribution in [-0.4, -0.2) is 26.1 Å². The second-order valence-electron chi connectivity index (χ2n) is 8.85. The van der Waals surface area contributed by atoms with Gasteiger partial charge in [-0.3, -0.25) is 4.98 Å². The normalized spacial score (nSPS) is 16.2. The van der Waals surface area contributed by atoms with Crippen LogP contribution in [0.5, 0.6) is 0 Å². The Bertz CT molecular complexity index is 1370. The molecule has 34 heavy (non-hydrogen) atoms. The first-order valence-electron chi connectivity index (χ1n) is 11.5. The lowest BCUT2D eigenvalue weighted by atomic mass is 10.0. The molecule has 0 spiro atoms. The Balaban J connectivity index is 1.69. The number of hydrogen-bond donors (Lipinski definition) is 3. The fourth-order valence-corrected chi connectivity index (χ4v) is 4.37. The molecule has 1 aromatic carbocycles. The third kappa shape index (κ3) is 3.96. The summed E-state index contributed by atoms with van der Waals surface area (Å²) < 4.78 is 15.8. The van der Waals surface area contributed by atoms with Gasteiger partial charge in [0, 0.05) is 24.5 Å². The van der Waals surface area contributed by atoms with Gasteiger partial charge in [0.25, 0.3) is 0 Å². The molecule has 0 saturated carbocycles. The summed E-state index contributed by atoms with van der Waals surface area (Å²) in [6.45, 7) is 9.51. The minimum Gasteiger partial charge on any atom is -0.385 e. The molecule has 0 amide bonds. The number of fused-ring (bicyclic) bond motifs is 2. The molecule has 7 nitrogen and oxygen atoms in total. The molecule has 0 fully saturated rings. The standard InChI is InChI=1S/C26H28FN7/c1-4-17-5-7-18(8-6-17)23-24(28)34-26-21(14-32-34)16(3)29-11-15(2)9-22-19(10-20(27)13-30-22)12-31-25(23)33-26/h5-8,10,13-15,29H,3-4,9,11-12,28H2,1-2H3,(H,31,33). The van der Waals surface area contributed by atoms with Gasteiger partial charge in [-0.05, 0) is 41.5 Å². The molecule has 1 unspecified atom stereocenters. The summed E-state index contributed by atoms with van der Waals surface area (Å²) in [5.41, 5.74) is 13.4. The molecular weight excluding hydrogens is 429 g/mol. The zero-order valence-corrected chi connectivity index (χ0v) is 19.4. The van der Waals surface area contributed by atoms with Crippen LogP contribution in [0.3, 0.4) is 0 Å². The van der Waals surface area contributed by atoms with Crippen molar-refractivity contribution >= 4 is 23.0 Å². The summed E-state index contributed by atoms with van der Waals surface area (Å²) in [5.74, 6) is 0.970. The summed E-state index contributed by atoms with van der Waals surface area (Å²) in [4.78, 5) is 9.31. The Morgan fingerprint density at radius 1 is 1.21 bits per heavy atom. The highest BCUT2D eigenvalue weighted by molar-refractivity contribution is 5.87. The van der Waals surface area contributed by atoms with E-state index in [0.29, 0.717) is 36.8 Å². The van der Waals surface area contributed by atoms with Crippen LogP contribution in [0.1, 0.15) is 36.2 Å². The maximum Gasteiger partial charge on any atom is 0.169 e. The Kier molecular flexibility index (Phi) is 5.65. The van der Waals surface area contributed by atoms with Crippen molar-refractivity contribution in [1.82, 2.24) is 24.9 Å². The monoisotopic (exact) mass is 457 g/mol. The molecule has 0 aliphatic carbocycles.